The summed E-state index contributed by atoms with van der Waals surface area (Å²) in [5.41, 5.74) is 5.82. The van der Waals surface area contributed by atoms with Gasteiger partial charge in [-0.25, -0.2) is 9.18 Å². The van der Waals surface area contributed by atoms with E-state index in [2.05, 4.69) is 0 Å². The average molecular weight is 296 g/mol. The van der Waals surface area contributed by atoms with Crippen LogP contribution >= 0.6 is 0 Å². The second-order valence-electron chi connectivity index (χ2n) is 6.02. The summed E-state index contributed by atoms with van der Waals surface area (Å²) in [6, 6.07) is 6.14. The molecule has 0 aliphatic carbocycles. The van der Waals surface area contributed by atoms with Gasteiger partial charge in [-0.1, -0.05) is 12.1 Å². The minimum absolute atomic E-state index is 0.286. The zero-order valence-electron chi connectivity index (χ0n) is 13.1. The summed E-state index contributed by atoms with van der Waals surface area (Å²) >= 11 is 0. The van der Waals surface area contributed by atoms with Gasteiger partial charge in [-0.05, 0) is 57.9 Å². The van der Waals surface area contributed by atoms with Crippen LogP contribution in [0.25, 0.3) is 0 Å². The Hall–Kier alpha value is -1.62. The molecule has 1 aromatic carbocycles. The van der Waals surface area contributed by atoms with Gasteiger partial charge in [-0.3, -0.25) is 0 Å². The Bertz CT molecular complexity index is 441. The first-order chi connectivity index (χ1) is 9.81. The third-order valence-corrected chi connectivity index (χ3v) is 2.82. The van der Waals surface area contributed by atoms with Gasteiger partial charge in [0.2, 0.25) is 0 Å². The zero-order valence-corrected chi connectivity index (χ0v) is 13.1. The fourth-order valence-corrected chi connectivity index (χ4v) is 1.82. The topological polar surface area (TPSA) is 55.6 Å². The predicted molar refractivity (Wildman–Crippen MR) is 81.3 cm³/mol. The molecule has 1 amide bonds. The lowest BCUT2D eigenvalue weighted by atomic mass is 10.2. The number of amides is 1. The molecule has 1 rings (SSSR count). The molecule has 0 fully saturated rings. The van der Waals surface area contributed by atoms with E-state index in [1.807, 2.05) is 20.8 Å². The SMILES string of the molecule is CC(C)(C)OC(=O)N(CCCCN)Cc1ccc(F)cc1. The fourth-order valence-electron chi connectivity index (χ4n) is 1.82. The molecular weight excluding hydrogens is 271 g/mol. The highest BCUT2D eigenvalue weighted by Crippen LogP contribution is 2.14. The molecule has 5 heteroatoms. The first-order valence-electron chi connectivity index (χ1n) is 7.24. The summed E-state index contributed by atoms with van der Waals surface area (Å²) in [6.07, 6.45) is 1.31. The lowest BCUT2D eigenvalue weighted by Crippen LogP contribution is -2.37. The number of hydrogen-bond donors (Lipinski definition) is 1. The van der Waals surface area contributed by atoms with E-state index in [9.17, 15) is 9.18 Å². The van der Waals surface area contributed by atoms with Crippen molar-refractivity contribution in [2.45, 2.75) is 45.8 Å². The summed E-state index contributed by atoms with van der Waals surface area (Å²) in [7, 11) is 0. The fraction of sp³-hybridized carbons (Fsp3) is 0.562. The summed E-state index contributed by atoms with van der Waals surface area (Å²) in [6.45, 7) is 7.07. The molecule has 0 radical (unpaired) electrons. The Kier molecular flexibility index (Phi) is 6.62. The maximum atomic E-state index is 12.9. The molecule has 0 bridgehead atoms. The van der Waals surface area contributed by atoms with Gasteiger partial charge in [0.05, 0.1) is 0 Å². The Morgan fingerprint density at radius 1 is 1.24 bits per heavy atom. The molecule has 0 saturated heterocycles. The highest BCUT2D eigenvalue weighted by atomic mass is 19.1. The third-order valence-electron chi connectivity index (χ3n) is 2.82. The monoisotopic (exact) mass is 296 g/mol. The zero-order chi connectivity index (χ0) is 15.9. The van der Waals surface area contributed by atoms with Gasteiger partial charge in [0.15, 0.2) is 0 Å². The van der Waals surface area contributed by atoms with Gasteiger partial charge in [0.25, 0.3) is 0 Å². The van der Waals surface area contributed by atoms with Gasteiger partial charge < -0.3 is 15.4 Å². The van der Waals surface area contributed by atoms with Crippen molar-refractivity contribution < 1.29 is 13.9 Å². The number of ether oxygens (including phenoxy) is 1. The molecule has 0 unspecified atom stereocenters. The predicted octanol–water partition coefficient (Wildman–Crippen LogP) is 3.30. The molecule has 0 spiro atoms. The number of hydrogen-bond acceptors (Lipinski definition) is 3. The van der Waals surface area contributed by atoms with Crippen LogP contribution in [0.3, 0.4) is 0 Å². The molecule has 0 aliphatic heterocycles. The average Bonchev–Trinajstić information content (AvgIpc) is 2.38. The van der Waals surface area contributed by atoms with Gasteiger partial charge in [0.1, 0.15) is 11.4 Å². The van der Waals surface area contributed by atoms with Crippen LogP contribution in [0.2, 0.25) is 0 Å². The van der Waals surface area contributed by atoms with E-state index >= 15 is 0 Å². The van der Waals surface area contributed by atoms with Crippen molar-refractivity contribution in [1.29, 1.82) is 0 Å². The second-order valence-corrected chi connectivity index (χ2v) is 6.02. The van der Waals surface area contributed by atoms with Gasteiger partial charge in [0, 0.05) is 13.1 Å². The highest BCUT2D eigenvalue weighted by molar-refractivity contribution is 5.68. The molecular formula is C16H25FN2O2. The molecule has 0 heterocycles. The second kappa shape index (κ2) is 7.98. The lowest BCUT2D eigenvalue weighted by Gasteiger charge is -2.27. The van der Waals surface area contributed by atoms with E-state index in [4.69, 9.17) is 10.5 Å². The van der Waals surface area contributed by atoms with Crippen LogP contribution in [0.4, 0.5) is 9.18 Å². The summed E-state index contributed by atoms with van der Waals surface area (Å²) in [5, 5.41) is 0. The molecule has 0 aliphatic rings. The smallest absolute Gasteiger partial charge is 0.410 e. The summed E-state index contributed by atoms with van der Waals surface area (Å²) in [4.78, 5) is 13.9. The van der Waals surface area contributed by atoms with Crippen molar-refractivity contribution in [3.8, 4) is 0 Å². The maximum absolute atomic E-state index is 12.9. The van der Waals surface area contributed by atoms with E-state index < -0.39 is 5.60 Å². The number of rotatable bonds is 6. The molecule has 2 N–H and O–H groups in total. The van der Waals surface area contributed by atoms with Crippen LogP contribution in [0.15, 0.2) is 24.3 Å². The van der Waals surface area contributed by atoms with Crippen LogP contribution < -0.4 is 5.73 Å². The van der Waals surface area contributed by atoms with Crippen molar-refractivity contribution in [3.05, 3.63) is 35.6 Å². The highest BCUT2D eigenvalue weighted by Gasteiger charge is 2.22. The number of benzene rings is 1. The lowest BCUT2D eigenvalue weighted by molar-refractivity contribution is 0.0231. The first kappa shape index (κ1) is 17.4. The molecule has 1 aromatic rings. The Morgan fingerprint density at radius 3 is 2.38 bits per heavy atom. The van der Waals surface area contributed by atoms with Crippen molar-refractivity contribution >= 4 is 6.09 Å². The summed E-state index contributed by atoms with van der Waals surface area (Å²) < 4.78 is 18.3. The van der Waals surface area contributed by atoms with Gasteiger partial charge in [-0.15, -0.1) is 0 Å². The van der Waals surface area contributed by atoms with Crippen molar-refractivity contribution in [2.24, 2.45) is 5.73 Å². The normalized spacial score (nSPS) is 11.3. The Labute approximate surface area is 126 Å². The number of halogens is 1. The molecule has 21 heavy (non-hydrogen) atoms. The number of nitrogens with zero attached hydrogens (tertiary/aromatic N) is 1. The van der Waals surface area contributed by atoms with Crippen molar-refractivity contribution in [3.63, 3.8) is 0 Å². The van der Waals surface area contributed by atoms with Crippen LogP contribution in [-0.2, 0) is 11.3 Å². The van der Waals surface area contributed by atoms with E-state index in [-0.39, 0.29) is 11.9 Å². The molecule has 4 nitrogen and oxygen atoms in total. The molecule has 118 valence electrons. The maximum Gasteiger partial charge on any atom is 0.410 e. The third kappa shape index (κ3) is 7.09. The Balaban J connectivity index is 2.71. The first-order valence-corrected chi connectivity index (χ1v) is 7.24. The largest absolute Gasteiger partial charge is 0.444 e. The minimum atomic E-state index is -0.536. The van der Waals surface area contributed by atoms with E-state index in [1.54, 1.807) is 17.0 Å². The number of unbranched alkanes of at least 4 members (excludes halogenated alkanes) is 1. The molecule has 0 atom stereocenters. The quantitative estimate of drug-likeness (QED) is 0.819. The van der Waals surface area contributed by atoms with Crippen LogP contribution in [0.1, 0.15) is 39.2 Å². The number of carbonyl (C=O) groups excluding carboxylic acids is 1. The Morgan fingerprint density at radius 2 is 1.86 bits per heavy atom. The van der Waals surface area contributed by atoms with E-state index in [0.717, 1.165) is 18.4 Å². The summed E-state index contributed by atoms with van der Waals surface area (Å²) in [5.74, 6) is -0.286. The van der Waals surface area contributed by atoms with Crippen molar-refractivity contribution in [2.75, 3.05) is 13.1 Å². The van der Waals surface area contributed by atoms with Gasteiger partial charge in [-0.2, -0.15) is 0 Å². The minimum Gasteiger partial charge on any atom is -0.444 e. The van der Waals surface area contributed by atoms with Crippen LogP contribution in [0.5, 0.6) is 0 Å². The van der Waals surface area contributed by atoms with Crippen LogP contribution in [-0.4, -0.2) is 29.7 Å². The van der Waals surface area contributed by atoms with E-state index in [1.165, 1.54) is 12.1 Å². The molecule has 0 aromatic heterocycles. The molecule has 0 saturated carbocycles. The van der Waals surface area contributed by atoms with Gasteiger partial charge >= 0.3 is 6.09 Å². The van der Waals surface area contributed by atoms with Crippen molar-refractivity contribution in [1.82, 2.24) is 4.90 Å². The van der Waals surface area contributed by atoms with Crippen LogP contribution in [0, 0.1) is 5.82 Å². The number of carbonyl (C=O) groups is 1. The standard InChI is InChI=1S/C16H25FN2O2/c1-16(2,3)21-15(20)19(11-5-4-10-18)12-13-6-8-14(17)9-7-13/h6-9H,4-5,10-12,18H2,1-3H3. The van der Waals surface area contributed by atoms with E-state index in [0.29, 0.717) is 19.6 Å². The number of nitrogens with two attached hydrogens (primary N) is 1.